The highest BCUT2D eigenvalue weighted by Gasteiger charge is 2.15. The summed E-state index contributed by atoms with van der Waals surface area (Å²) in [6, 6.07) is 0. The minimum atomic E-state index is -0.455. The number of carbonyl (C=O) groups is 2. The van der Waals surface area contributed by atoms with Crippen molar-refractivity contribution in [1.29, 1.82) is 0 Å². The summed E-state index contributed by atoms with van der Waals surface area (Å²) >= 11 is 0. The molecule has 156 valence electrons. The van der Waals surface area contributed by atoms with Crippen molar-refractivity contribution in [2.45, 2.75) is 116 Å². The molecule has 4 nitrogen and oxygen atoms in total. The van der Waals surface area contributed by atoms with E-state index in [1.54, 1.807) is 0 Å². The maximum absolute atomic E-state index is 11.8. The lowest BCUT2D eigenvalue weighted by Gasteiger charge is -2.13. The number of carbonyl (C=O) groups excluding carboxylic acids is 2. The molecule has 1 saturated carbocycles. The van der Waals surface area contributed by atoms with Crippen molar-refractivity contribution >= 4 is 11.9 Å². The molecule has 0 aliphatic heterocycles. The molecule has 0 spiro atoms. The Morgan fingerprint density at radius 3 is 1.85 bits per heavy atom. The van der Waals surface area contributed by atoms with Gasteiger partial charge in [-0.05, 0) is 32.1 Å². The third-order valence-electron chi connectivity index (χ3n) is 5.18. The van der Waals surface area contributed by atoms with Gasteiger partial charge in [0.1, 0.15) is 6.10 Å². The summed E-state index contributed by atoms with van der Waals surface area (Å²) in [5.74, 6) is -0.887. The van der Waals surface area contributed by atoms with E-state index in [1.165, 1.54) is 76.4 Å². The van der Waals surface area contributed by atoms with Crippen LogP contribution in [0.2, 0.25) is 0 Å². The second-order valence-corrected chi connectivity index (χ2v) is 7.73. The summed E-state index contributed by atoms with van der Waals surface area (Å²) in [7, 11) is 0. The Balaban J connectivity index is 1.95. The molecule has 0 N–H and O–H groups in total. The highest BCUT2D eigenvalue weighted by atomic mass is 16.5. The predicted octanol–water partition coefficient (Wildman–Crippen LogP) is 6.27. The highest BCUT2D eigenvalue weighted by molar-refractivity contribution is 5.91. The monoisotopic (exact) mass is 380 g/mol. The molecule has 0 radical (unpaired) electrons. The van der Waals surface area contributed by atoms with E-state index in [0.717, 1.165) is 38.5 Å². The molecule has 0 aromatic carbocycles. The SMILES string of the molecule is CCCCCCCCCCCCOC(=O)/C=C/C(=O)OC1CCCCCC1. The molecule has 1 aliphatic rings. The third kappa shape index (κ3) is 14.4. The summed E-state index contributed by atoms with van der Waals surface area (Å²) in [4.78, 5) is 23.4. The minimum Gasteiger partial charge on any atom is -0.463 e. The van der Waals surface area contributed by atoms with Gasteiger partial charge in [0.05, 0.1) is 6.61 Å². The van der Waals surface area contributed by atoms with Gasteiger partial charge >= 0.3 is 11.9 Å². The molecule has 1 aliphatic carbocycles. The van der Waals surface area contributed by atoms with Crippen LogP contribution in [0.5, 0.6) is 0 Å². The van der Waals surface area contributed by atoms with Gasteiger partial charge in [0, 0.05) is 12.2 Å². The fourth-order valence-corrected chi connectivity index (χ4v) is 3.51. The molecular formula is C23H40O4. The van der Waals surface area contributed by atoms with E-state index in [0.29, 0.717) is 6.61 Å². The number of hydrogen-bond donors (Lipinski definition) is 0. The first kappa shape index (κ1) is 23.7. The van der Waals surface area contributed by atoms with Crippen LogP contribution in [-0.2, 0) is 19.1 Å². The van der Waals surface area contributed by atoms with E-state index < -0.39 is 11.9 Å². The molecule has 4 heteroatoms. The van der Waals surface area contributed by atoms with Gasteiger partial charge < -0.3 is 9.47 Å². The summed E-state index contributed by atoms with van der Waals surface area (Å²) in [6.07, 6.45) is 21.4. The Bertz CT molecular complexity index is 409. The summed E-state index contributed by atoms with van der Waals surface area (Å²) < 4.78 is 10.5. The second kappa shape index (κ2) is 16.8. The first-order valence-electron chi connectivity index (χ1n) is 11.3. The molecule has 0 amide bonds. The van der Waals surface area contributed by atoms with Gasteiger partial charge in [-0.1, -0.05) is 77.6 Å². The van der Waals surface area contributed by atoms with E-state index in [-0.39, 0.29) is 6.10 Å². The van der Waals surface area contributed by atoms with Crippen molar-refractivity contribution < 1.29 is 19.1 Å². The summed E-state index contributed by atoms with van der Waals surface area (Å²) in [5.41, 5.74) is 0. The number of esters is 2. The Hall–Kier alpha value is -1.32. The van der Waals surface area contributed by atoms with Crippen LogP contribution < -0.4 is 0 Å². The molecule has 0 heterocycles. The van der Waals surface area contributed by atoms with E-state index in [1.807, 2.05) is 0 Å². The Morgan fingerprint density at radius 2 is 1.26 bits per heavy atom. The van der Waals surface area contributed by atoms with Crippen LogP contribution in [-0.4, -0.2) is 24.6 Å². The minimum absolute atomic E-state index is 0.00677. The van der Waals surface area contributed by atoms with Crippen LogP contribution in [0.1, 0.15) is 110 Å². The lowest BCUT2D eigenvalue weighted by Crippen LogP contribution is -2.16. The van der Waals surface area contributed by atoms with Gasteiger partial charge in [-0.15, -0.1) is 0 Å². The lowest BCUT2D eigenvalue weighted by atomic mass is 10.1. The van der Waals surface area contributed by atoms with E-state index >= 15 is 0 Å². The number of rotatable bonds is 14. The zero-order chi connectivity index (χ0) is 19.6. The lowest BCUT2D eigenvalue weighted by molar-refractivity contribution is -0.144. The summed E-state index contributed by atoms with van der Waals surface area (Å²) in [6.45, 7) is 2.67. The average molecular weight is 381 g/mol. The van der Waals surface area contributed by atoms with Crippen LogP contribution in [0.25, 0.3) is 0 Å². The Morgan fingerprint density at radius 1 is 0.741 bits per heavy atom. The maximum atomic E-state index is 11.8. The van der Waals surface area contributed by atoms with Gasteiger partial charge in [0.2, 0.25) is 0 Å². The number of unbranched alkanes of at least 4 members (excludes halogenated alkanes) is 9. The molecule has 1 fully saturated rings. The normalized spacial score (nSPS) is 15.6. The second-order valence-electron chi connectivity index (χ2n) is 7.73. The molecule has 0 unspecified atom stereocenters. The molecule has 0 atom stereocenters. The Labute approximate surface area is 166 Å². The Kier molecular flexibility index (Phi) is 14.8. The maximum Gasteiger partial charge on any atom is 0.331 e. The van der Waals surface area contributed by atoms with Gasteiger partial charge in [0.15, 0.2) is 0 Å². The molecule has 0 saturated heterocycles. The zero-order valence-electron chi connectivity index (χ0n) is 17.4. The van der Waals surface area contributed by atoms with Crippen LogP contribution in [0.4, 0.5) is 0 Å². The standard InChI is InChI=1S/C23H40O4/c1-2-3-4-5-6-7-8-9-12-15-20-26-22(24)18-19-23(25)27-21-16-13-10-11-14-17-21/h18-19,21H,2-17,20H2,1H3/b19-18+. The van der Waals surface area contributed by atoms with Crippen molar-refractivity contribution in [3.63, 3.8) is 0 Å². The van der Waals surface area contributed by atoms with Crippen molar-refractivity contribution in [2.75, 3.05) is 6.61 Å². The smallest absolute Gasteiger partial charge is 0.331 e. The fraction of sp³-hybridized carbons (Fsp3) is 0.826. The largest absolute Gasteiger partial charge is 0.463 e. The van der Waals surface area contributed by atoms with Crippen molar-refractivity contribution in [1.82, 2.24) is 0 Å². The number of hydrogen-bond acceptors (Lipinski definition) is 4. The van der Waals surface area contributed by atoms with Crippen LogP contribution in [0.15, 0.2) is 12.2 Å². The molecule has 27 heavy (non-hydrogen) atoms. The highest BCUT2D eigenvalue weighted by Crippen LogP contribution is 2.20. The molecule has 0 bridgehead atoms. The van der Waals surface area contributed by atoms with E-state index in [9.17, 15) is 9.59 Å². The average Bonchev–Trinajstić information content (AvgIpc) is 2.93. The van der Waals surface area contributed by atoms with Crippen molar-refractivity contribution in [3.8, 4) is 0 Å². The van der Waals surface area contributed by atoms with E-state index in [4.69, 9.17) is 9.47 Å². The van der Waals surface area contributed by atoms with Gasteiger partial charge in [-0.25, -0.2) is 9.59 Å². The van der Waals surface area contributed by atoms with Crippen LogP contribution in [0, 0.1) is 0 Å². The first-order chi connectivity index (χ1) is 13.2. The van der Waals surface area contributed by atoms with Gasteiger partial charge in [0.25, 0.3) is 0 Å². The van der Waals surface area contributed by atoms with E-state index in [2.05, 4.69) is 6.92 Å². The van der Waals surface area contributed by atoms with Gasteiger partial charge in [-0.3, -0.25) is 0 Å². The summed E-state index contributed by atoms with van der Waals surface area (Å²) in [5, 5.41) is 0. The van der Waals surface area contributed by atoms with Crippen molar-refractivity contribution in [2.24, 2.45) is 0 Å². The zero-order valence-corrected chi connectivity index (χ0v) is 17.4. The molecule has 0 aromatic rings. The molecular weight excluding hydrogens is 340 g/mol. The van der Waals surface area contributed by atoms with Crippen molar-refractivity contribution in [3.05, 3.63) is 12.2 Å². The first-order valence-corrected chi connectivity index (χ1v) is 11.3. The predicted molar refractivity (Wildman–Crippen MR) is 110 cm³/mol. The number of ether oxygens (including phenoxy) is 2. The quantitative estimate of drug-likeness (QED) is 0.154. The van der Waals surface area contributed by atoms with Crippen LogP contribution >= 0.6 is 0 Å². The topological polar surface area (TPSA) is 52.6 Å². The third-order valence-corrected chi connectivity index (χ3v) is 5.18. The molecule has 0 aromatic heterocycles. The molecule has 1 rings (SSSR count). The fourth-order valence-electron chi connectivity index (χ4n) is 3.51. The van der Waals surface area contributed by atoms with Crippen LogP contribution in [0.3, 0.4) is 0 Å². The van der Waals surface area contributed by atoms with Gasteiger partial charge in [-0.2, -0.15) is 0 Å².